The normalized spacial score (nSPS) is 10.4. The summed E-state index contributed by atoms with van der Waals surface area (Å²) in [6.45, 7) is 3.99. The highest BCUT2D eigenvalue weighted by atomic mass is 32.1. The average Bonchev–Trinajstić information content (AvgIpc) is 3.18. The fourth-order valence-electron chi connectivity index (χ4n) is 2.40. The van der Waals surface area contributed by atoms with Crippen LogP contribution in [0.4, 0.5) is 0 Å². The zero-order valence-corrected chi connectivity index (χ0v) is 16.3. The summed E-state index contributed by atoms with van der Waals surface area (Å²) in [5, 5.41) is 2.42. The smallest absolute Gasteiger partial charge is 0.358 e. The molecule has 28 heavy (non-hydrogen) atoms. The second kappa shape index (κ2) is 9.14. The number of rotatable bonds is 7. The molecule has 0 bridgehead atoms. The van der Waals surface area contributed by atoms with Crippen molar-refractivity contribution in [1.82, 2.24) is 4.98 Å². The van der Waals surface area contributed by atoms with Crippen molar-refractivity contribution in [2.45, 2.75) is 20.5 Å². The van der Waals surface area contributed by atoms with Crippen molar-refractivity contribution in [3.8, 4) is 22.1 Å². The van der Waals surface area contributed by atoms with Gasteiger partial charge in [-0.2, -0.15) is 0 Å². The van der Waals surface area contributed by atoms with Gasteiger partial charge in [0.1, 0.15) is 23.1 Å². The molecule has 7 heteroatoms. The maximum atomic E-state index is 12.2. The number of thiazole rings is 1. The molecule has 3 aromatic rings. The third kappa shape index (κ3) is 5.17. The summed E-state index contributed by atoms with van der Waals surface area (Å²) in [6, 6.07) is 14.3. The van der Waals surface area contributed by atoms with E-state index in [2.05, 4.69) is 4.98 Å². The van der Waals surface area contributed by atoms with Crippen LogP contribution < -0.4 is 9.47 Å². The van der Waals surface area contributed by atoms with Gasteiger partial charge >= 0.3 is 11.9 Å². The number of carbonyl (C=O) groups is 2. The fourth-order valence-corrected chi connectivity index (χ4v) is 3.20. The third-order valence-electron chi connectivity index (χ3n) is 3.68. The van der Waals surface area contributed by atoms with Gasteiger partial charge in [-0.25, -0.2) is 9.78 Å². The number of esters is 2. The number of hydrogen-bond donors (Lipinski definition) is 0. The minimum Gasteiger partial charge on any atom is -0.494 e. The third-order valence-corrected chi connectivity index (χ3v) is 4.57. The maximum absolute atomic E-state index is 12.2. The molecule has 2 aromatic carbocycles. The van der Waals surface area contributed by atoms with Crippen LogP contribution in [-0.4, -0.2) is 23.5 Å². The standard InChI is InChI=1S/C21H19NO5S/c1-3-25-17-10-6-16(7-11-17)20-22-19(13-28-20)21(24)26-12-15-4-8-18(9-5-15)27-14(2)23/h4-11,13H,3,12H2,1-2H3. The largest absolute Gasteiger partial charge is 0.494 e. The predicted octanol–water partition coefficient (Wildman–Crippen LogP) is 4.49. The van der Waals surface area contributed by atoms with Gasteiger partial charge in [-0.05, 0) is 48.9 Å². The van der Waals surface area contributed by atoms with Crippen LogP contribution in [0.5, 0.6) is 11.5 Å². The first kappa shape index (κ1) is 19.6. The van der Waals surface area contributed by atoms with E-state index in [1.54, 1.807) is 29.6 Å². The molecular formula is C21H19NO5S. The SMILES string of the molecule is CCOc1ccc(-c2nc(C(=O)OCc3ccc(OC(C)=O)cc3)cs2)cc1. The van der Waals surface area contributed by atoms with Gasteiger partial charge in [-0.3, -0.25) is 4.79 Å². The summed E-state index contributed by atoms with van der Waals surface area (Å²) >= 11 is 1.38. The Kier molecular flexibility index (Phi) is 6.39. The Morgan fingerprint density at radius 3 is 2.32 bits per heavy atom. The number of ether oxygens (including phenoxy) is 3. The number of aromatic nitrogens is 1. The second-order valence-electron chi connectivity index (χ2n) is 5.81. The zero-order chi connectivity index (χ0) is 19.9. The van der Waals surface area contributed by atoms with Crippen LogP contribution in [0.3, 0.4) is 0 Å². The molecule has 0 aliphatic heterocycles. The number of carbonyl (C=O) groups excluding carboxylic acids is 2. The van der Waals surface area contributed by atoms with Crippen molar-refractivity contribution in [1.29, 1.82) is 0 Å². The van der Waals surface area contributed by atoms with Crippen LogP contribution in [0, 0.1) is 0 Å². The van der Waals surface area contributed by atoms with Crippen LogP contribution >= 0.6 is 11.3 Å². The molecule has 6 nitrogen and oxygen atoms in total. The van der Waals surface area contributed by atoms with Crippen molar-refractivity contribution in [2.24, 2.45) is 0 Å². The van der Waals surface area contributed by atoms with Crippen molar-refractivity contribution in [3.05, 3.63) is 65.2 Å². The summed E-state index contributed by atoms with van der Waals surface area (Å²) in [5.74, 6) is 0.368. The zero-order valence-electron chi connectivity index (χ0n) is 15.5. The molecule has 0 N–H and O–H groups in total. The van der Waals surface area contributed by atoms with E-state index in [1.807, 2.05) is 31.2 Å². The first-order valence-electron chi connectivity index (χ1n) is 8.68. The van der Waals surface area contributed by atoms with Gasteiger partial charge in [0.2, 0.25) is 0 Å². The topological polar surface area (TPSA) is 74.7 Å². The molecule has 0 fully saturated rings. The highest BCUT2D eigenvalue weighted by molar-refractivity contribution is 7.13. The number of nitrogens with zero attached hydrogens (tertiary/aromatic N) is 1. The summed E-state index contributed by atoms with van der Waals surface area (Å²) in [4.78, 5) is 27.5. The quantitative estimate of drug-likeness (QED) is 0.432. The van der Waals surface area contributed by atoms with E-state index in [9.17, 15) is 9.59 Å². The maximum Gasteiger partial charge on any atom is 0.358 e. The molecule has 0 radical (unpaired) electrons. The molecule has 1 heterocycles. The van der Waals surface area contributed by atoms with Gasteiger partial charge in [0.05, 0.1) is 6.61 Å². The fraction of sp³-hybridized carbons (Fsp3) is 0.190. The highest BCUT2D eigenvalue weighted by Gasteiger charge is 2.13. The van der Waals surface area contributed by atoms with Gasteiger partial charge in [0.25, 0.3) is 0 Å². The van der Waals surface area contributed by atoms with Gasteiger partial charge in [-0.15, -0.1) is 11.3 Å². The van der Waals surface area contributed by atoms with Crippen LogP contribution in [0.2, 0.25) is 0 Å². The lowest BCUT2D eigenvalue weighted by Gasteiger charge is -2.05. The minimum absolute atomic E-state index is 0.106. The first-order chi connectivity index (χ1) is 13.5. The first-order valence-corrected chi connectivity index (χ1v) is 9.56. The summed E-state index contributed by atoms with van der Waals surface area (Å²) in [6.07, 6.45) is 0. The Bertz CT molecular complexity index is 948. The molecule has 0 aliphatic carbocycles. The monoisotopic (exact) mass is 397 g/mol. The average molecular weight is 397 g/mol. The summed E-state index contributed by atoms with van der Waals surface area (Å²) < 4.78 is 15.7. The minimum atomic E-state index is -0.488. The molecule has 3 rings (SSSR count). The van der Waals surface area contributed by atoms with E-state index < -0.39 is 5.97 Å². The Morgan fingerprint density at radius 2 is 1.68 bits per heavy atom. The van der Waals surface area contributed by atoms with E-state index in [0.29, 0.717) is 12.4 Å². The summed E-state index contributed by atoms with van der Waals surface area (Å²) in [7, 11) is 0. The molecule has 0 saturated heterocycles. The lowest BCUT2D eigenvalue weighted by atomic mass is 10.2. The second-order valence-corrected chi connectivity index (χ2v) is 6.67. The molecule has 0 amide bonds. The molecular weight excluding hydrogens is 378 g/mol. The van der Waals surface area contributed by atoms with Crippen molar-refractivity contribution < 1.29 is 23.8 Å². The van der Waals surface area contributed by atoms with Crippen LogP contribution in [0.15, 0.2) is 53.9 Å². The van der Waals surface area contributed by atoms with E-state index in [1.165, 1.54) is 18.3 Å². The predicted molar refractivity (Wildman–Crippen MR) is 106 cm³/mol. The molecule has 144 valence electrons. The van der Waals surface area contributed by atoms with E-state index in [4.69, 9.17) is 14.2 Å². The van der Waals surface area contributed by atoms with Gasteiger partial charge < -0.3 is 14.2 Å². The van der Waals surface area contributed by atoms with Gasteiger partial charge in [-0.1, -0.05) is 12.1 Å². The van der Waals surface area contributed by atoms with E-state index >= 15 is 0 Å². The van der Waals surface area contributed by atoms with E-state index in [0.717, 1.165) is 21.9 Å². The Balaban J connectivity index is 1.58. The highest BCUT2D eigenvalue weighted by Crippen LogP contribution is 2.26. The molecule has 0 saturated carbocycles. The molecule has 0 aliphatic rings. The molecule has 1 aromatic heterocycles. The van der Waals surface area contributed by atoms with Gasteiger partial charge in [0, 0.05) is 17.9 Å². The van der Waals surface area contributed by atoms with Crippen molar-refractivity contribution in [3.63, 3.8) is 0 Å². The van der Waals surface area contributed by atoms with E-state index in [-0.39, 0.29) is 18.3 Å². The lowest BCUT2D eigenvalue weighted by molar-refractivity contribution is -0.131. The Morgan fingerprint density at radius 1 is 1.00 bits per heavy atom. The number of hydrogen-bond acceptors (Lipinski definition) is 7. The van der Waals surface area contributed by atoms with Gasteiger partial charge in [0.15, 0.2) is 5.69 Å². The molecule has 0 atom stereocenters. The van der Waals surface area contributed by atoms with Crippen LogP contribution in [0.1, 0.15) is 29.9 Å². The number of benzene rings is 2. The van der Waals surface area contributed by atoms with Crippen LogP contribution in [-0.2, 0) is 16.1 Å². The molecule has 0 unspecified atom stereocenters. The Hall–Kier alpha value is -3.19. The summed E-state index contributed by atoms with van der Waals surface area (Å²) in [5.41, 5.74) is 1.96. The lowest BCUT2D eigenvalue weighted by Crippen LogP contribution is -2.06. The Labute approximate surface area is 166 Å². The van der Waals surface area contributed by atoms with Crippen molar-refractivity contribution in [2.75, 3.05) is 6.61 Å². The van der Waals surface area contributed by atoms with Crippen LogP contribution in [0.25, 0.3) is 10.6 Å². The van der Waals surface area contributed by atoms with Crippen molar-refractivity contribution >= 4 is 23.3 Å². The molecule has 0 spiro atoms.